The van der Waals surface area contributed by atoms with E-state index in [2.05, 4.69) is 28.6 Å². The Hall–Kier alpha value is -2.10. The summed E-state index contributed by atoms with van der Waals surface area (Å²) < 4.78 is 1.81. The third-order valence-electron chi connectivity index (χ3n) is 4.67. The third kappa shape index (κ3) is 2.54. The average Bonchev–Trinajstić information content (AvgIpc) is 3.26. The van der Waals surface area contributed by atoms with Crippen molar-refractivity contribution in [2.45, 2.75) is 44.6 Å². The molecule has 0 radical (unpaired) electrons. The fourth-order valence-corrected chi connectivity index (χ4v) is 3.23. The van der Waals surface area contributed by atoms with Gasteiger partial charge in [-0.25, -0.2) is 0 Å². The first-order chi connectivity index (χ1) is 10.7. The van der Waals surface area contributed by atoms with Crippen LogP contribution in [0.4, 0.5) is 0 Å². The molecule has 2 aromatic rings. The molecule has 1 saturated carbocycles. The summed E-state index contributed by atoms with van der Waals surface area (Å²) in [6, 6.07) is 8.93. The summed E-state index contributed by atoms with van der Waals surface area (Å²) in [5.41, 5.74) is 5.61. The smallest absolute Gasteiger partial charge is 0.272 e. The van der Waals surface area contributed by atoms with E-state index in [1.54, 1.807) is 0 Å². The zero-order chi connectivity index (χ0) is 15.1. The SMILES string of the molecule is Cn1nc(C(=O)NC2CC2)cc1-c1ccc2c(c1)CCCC2. The number of hydrogen-bond donors (Lipinski definition) is 1. The second-order valence-corrected chi connectivity index (χ2v) is 6.48. The van der Waals surface area contributed by atoms with Crippen molar-refractivity contribution in [2.24, 2.45) is 7.05 Å². The number of benzene rings is 1. The zero-order valence-electron chi connectivity index (χ0n) is 12.9. The first kappa shape index (κ1) is 13.6. The van der Waals surface area contributed by atoms with Crippen molar-refractivity contribution in [2.75, 3.05) is 0 Å². The molecular weight excluding hydrogens is 274 g/mol. The first-order valence-corrected chi connectivity index (χ1v) is 8.18. The van der Waals surface area contributed by atoms with Crippen LogP contribution in [-0.2, 0) is 19.9 Å². The Morgan fingerprint density at radius 2 is 1.95 bits per heavy atom. The maximum atomic E-state index is 12.1. The molecule has 22 heavy (non-hydrogen) atoms. The van der Waals surface area contributed by atoms with E-state index in [9.17, 15) is 4.79 Å². The van der Waals surface area contributed by atoms with E-state index in [0.29, 0.717) is 11.7 Å². The van der Waals surface area contributed by atoms with Gasteiger partial charge in [0.05, 0.1) is 5.69 Å². The topological polar surface area (TPSA) is 46.9 Å². The Morgan fingerprint density at radius 1 is 1.18 bits per heavy atom. The largest absolute Gasteiger partial charge is 0.348 e. The highest BCUT2D eigenvalue weighted by Gasteiger charge is 2.25. The summed E-state index contributed by atoms with van der Waals surface area (Å²) in [7, 11) is 1.91. The van der Waals surface area contributed by atoms with Gasteiger partial charge in [0.1, 0.15) is 0 Å². The number of carbonyl (C=O) groups excluding carboxylic acids is 1. The number of amides is 1. The second kappa shape index (κ2) is 5.27. The summed E-state index contributed by atoms with van der Waals surface area (Å²) in [4.78, 5) is 12.1. The molecule has 4 heteroatoms. The normalized spacial score (nSPS) is 17.1. The van der Waals surface area contributed by atoms with Crippen LogP contribution < -0.4 is 5.32 Å². The molecule has 2 aliphatic rings. The summed E-state index contributed by atoms with van der Waals surface area (Å²) in [5, 5.41) is 7.38. The highest BCUT2D eigenvalue weighted by Crippen LogP contribution is 2.28. The molecule has 1 aromatic carbocycles. The summed E-state index contributed by atoms with van der Waals surface area (Å²) in [5.74, 6) is -0.0534. The van der Waals surface area contributed by atoms with Gasteiger partial charge in [0.25, 0.3) is 5.91 Å². The van der Waals surface area contributed by atoms with Gasteiger partial charge in [0.2, 0.25) is 0 Å². The Morgan fingerprint density at radius 3 is 2.73 bits per heavy atom. The predicted molar refractivity (Wildman–Crippen MR) is 85.8 cm³/mol. The second-order valence-electron chi connectivity index (χ2n) is 6.48. The van der Waals surface area contributed by atoms with Gasteiger partial charge in [-0.3, -0.25) is 9.48 Å². The average molecular weight is 295 g/mol. The molecule has 0 spiro atoms. The standard InChI is InChI=1S/C18H21N3O/c1-21-17(11-16(20-21)18(22)19-15-8-9-15)14-7-6-12-4-2-3-5-13(12)10-14/h6-7,10-11,15H,2-5,8-9H2,1H3,(H,19,22). The lowest BCUT2D eigenvalue weighted by molar-refractivity contribution is 0.0945. The van der Waals surface area contributed by atoms with Crippen LogP contribution in [0, 0.1) is 0 Å². The molecule has 1 N–H and O–H groups in total. The Labute approximate surface area is 130 Å². The van der Waals surface area contributed by atoms with E-state index < -0.39 is 0 Å². The van der Waals surface area contributed by atoms with E-state index in [1.165, 1.54) is 30.4 Å². The van der Waals surface area contributed by atoms with Gasteiger partial charge < -0.3 is 5.32 Å². The molecule has 0 bridgehead atoms. The molecule has 1 heterocycles. The zero-order valence-corrected chi connectivity index (χ0v) is 12.9. The minimum atomic E-state index is -0.0534. The van der Waals surface area contributed by atoms with Gasteiger partial charge in [0, 0.05) is 18.7 Å². The number of carbonyl (C=O) groups is 1. The molecule has 1 amide bonds. The molecule has 0 saturated heterocycles. The van der Waals surface area contributed by atoms with Crippen molar-refractivity contribution in [3.63, 3.8) is 0 Å². The number of aromatic nitrogens is 2. The molecule has 0 unspecified atom stereocenters. The van der Waals surface area contributed by atoms with Crippen LogP contribution in [0.25, 0.3) is 11.3 Å². The maximum absolute atomic E-state index is 12.1. The molecular formula is C18H21N3O. The highest BCUT2D eigenvalue weighted by atomic mass is 16.2. The minimum absolute atomic E-state index is 0.0534. The summed E-state index contributed by atoms with van der Waals surface area (Å²) >= 11 is 0. The highest BCUT2D eigenvalue weighted by molar-refractivity contribution is 5.93. The van der Waals surface area contributed by atoms with Gasteiger partial charge in [-0.2, -0.15) is 5.10 Å². The fourth-order valence-electron chi connectivity index (χ4n) is 3.23. The third-order valence-corrected chi connectivity index (χ3v) is 4.67. The predicted octanol–water partition coefficient (Wildman–Crippen LogP) is 2.86. The van der Waals surface area contributed by atoms with Gasteiger partial charge >= 0.3 is 0 Å². The Bertz CT molecular complexity index is 728. The number of hydrogen-bond acceptors (Lipinski definition) is 2. The van der Waals surface area contributed by atoms with E-state index in [0.717, 1.165) is 30.5 Å². The van der Waals surface area contributed by atoms with E-state index in [4.69, 9.17) is 0 Å². The maximum Gasteiger partial charge on any atom is 0.272 e. The van der Waals surface area contributed by atoms with Gasteiger partial charge in [-0.15, -0.1) is 0 Å². The van der Waals surface area contributed by atoms with Crippen LogP contribution >= 0.6 is 0 Å². The lowest BCUT2D eigenvalue weighted by atomic mass is 9.90. The van der Waals surface area contributed by atoms with E-state index in [-0.39, 0.29) is 5.91 Å². The van der Waals surface area contributed by atoms with Gasteiger partial charge in [-0.05, 0) is 61.8 Å². The lowest BCUT2D eigenvalue weighted by Crippen LogP contribution is -2.25. The van der Waals surface area contributed by atoms with Crippen LogP contribution in [-0.4, -0.2) is 21.7 Å². The van der Waals surface area contributed by atoms with Crippen molar-refractivity contribution in [1.82, 2.24) is 15.1 Å². The van der Waals surface area contributed by atoms with Gasteiger partial charge in [-0.1, -0.05) is 12.1 Å². The Balaban J connectivity index is 1.64. The molecule has 0 aliphatic heterocycles. The molecule has 0 atom stereocenters. The summed E-state index contributed by atoms with van der Waals surface area (Å²) in [6.07, 6.45) is 7.11. The number of aryl methyl sites for hydroxylation is 3. The van der Waals surface area contributed by atoms with Gasteiger partial charge in [0.15, 0.2) is 5.69 Å². The monoisotopic (exact) mass is 295 g/mol. The van der Waals surface area contributed by atoms with Crippen LogP contribution in [0.2, 0.25) is 0 Å². The quantitative estimate of drug-likeness (QED) is 0.946. The van der Waals surface area contributed by atoms with Crippen molar-refractivity contribution < 1.29 is 4.79 Å². The van der Waals surface area contributed by atoms with Crippen LogP contribution in [0.1, 0.15) is 47.3 Å². The van der Waals surface area contributed by atoms with Crippen molar-refractivity contribution in [3.05, 3.63) is 41.1 Å². The van der Waals surface area contributed by atoms with Crippen molar-refractivity contribution in [3.8, 4) is 11.3 Å². The van der Waals surface area contributed by atoms with E-state index >= 15 is 0 Å². The summed E-state index contributed by atoms with van der Waals surface area (Å²) in [6.45, 7) is 0. The lowest BCUT2D eigenvalue weighted by Gasteiger charge is -2.16. The number of fused-ring (bicyclic) bond motifs is 1. The molecule has 4 nitrogen and oxygen atoms in total. The van der Waals surface area contributed by atoms with Crippen LogP contribution in [0.3, 0.4) is 0 Å². The molecule has 114 valence electrons. The minimum Gasteiger partial charge on any atom is -0.348 e. The Kier molecular flexibility index (Phi) is 3.25. The number of nitrogens with one attached hydrogen (secondary N) is 1. The van der Waals surface area contributed by atoms with Crippen LogP contribution in [0.15, 0.2) is 24.3 Å². The van der Waals surface area contributed by atoms with Crippen molar-refractivity contribution in [1.29, 1.82) is 0 Å². The van der Waals surface area contributed by atoms with E-state index in [1.807, 2.05) is 17.8 Å². The number of nitrogens with zero attached hydrogens (tertiary/aromatic N) is 2. The fraction of sp³-hybridized carbons (Fsp3) is 0.444. The number of rotatable bonds is 3. The molecule has 1 aromatic heterocycles. The van der Waals surface area contributed by atoms with Crippen LogP contribution in [0.5, 0.6) is 0 Å². The molecule has 4 rings (SSSR count). The molecule has 1 fully saturated rings. The first-order valence-electron chi connectivity index (χ1n) is 8.18. The van der Waals surface area contributed by atoms with Crippen molar-refractivity contribution >= 4 is 5.91 Å². The molecule has 2 aliphatic carbocycles.